The Labute approximate surface area is 235 Å². The lowest BCUT2D eigenvalue weighted by molar-refractivity contribution is 0.0169. The minimum absolute atomic E-state index is 0.161. The number of benzene rings is 1. The van der Waals surface area contributed by atoms with Gasteiger partial charge in [-0.25, -0.2) is 9.97 Å². The van der Waals surface area contributed by atoms with Crippen LogP contribution in [0.15, 0.2) is 54.7 Å². The molecule has 1 aromatic carbocycles. The predicted molar refractivity (Wildman–Crippen MR) is 157 cm³/mol. The first-order valence-corrected chi connectivity index (χ1v) is 13.7. The molecule has 3 N–H and O–H groups in total. The summed E-state index contributed by atoms with van der Waals surface area (Å²) in [6.45, 7) is 9.44. The fourth-order valence-corrected chi connectivity index (χ4v) is 5.15. The molecule has 10 nitrogen and oxygen atoms in total. The summed E-state index contributed by atoms with van der Waals surface area (Å²) in [5.41, 5.74) is 8.30. The number of aromatic nitrogens is 4. The topological polar surface area (TPSA) is 117 Å². The van der Waals surface area contributed by atoms with Crippen molar-refractivity contribution >= 4 is 17.3 Å². The van der Waals surface area contributed by atoms with Crippen molar-refractivity contribution in [1.29, 1.82) is 0 Å². The van der Waals surface area contributed by atoms with Crippen molar-refractivity contribution < 1.29 is 9.84 Å². The number of phenols is 1. The monoisotopic (exact) mass is 540 g/mol. The highest BCUT2D eigenvalue weighted by atomic mass is 16.5. The molecule has 3 aromatic rings. The second kappa shape index (κ2) is 12.8. The molecule has 2 aliphatic heterocycles. The maximum absolute atomic E-state index is 10.3. The third-order valence-corrected chi connectivity index (χ3v) is 7.39. The molecule has 10 heteroatoms. The molecule has 2 saturated heterocycles. The van der Waals surface area contributed by atoms with E-state index in [1.54, 1.807) is 18.3 Å². The summed E-state index contributed by atoms with van der Waals surface area (Å²) in [5, 5.41) is 18.7. The van der Waals surface area contributed by atoms with Gasteiger partial charge in [0.2, 0.25) is 5.82 Å². The Bertz CT molecular complexity index is 1400. The Hall–Kier alpha value is -4.20. The molecule has 2 aromatic heterocycles. The van der Waals surface area contributed by atoms with Crippen molar-refractivity contribution in [3.63, 3.8) is 0 Å². The lowest BCUT2D eigenvalue weighted by Gasteiger charge is -2.32. The number of aromatic hydroxyl groups is 1. The van der Waals surface area contributed by atoms with E-state index in [9.17, 15) is 5.11 Å². The van der Waals surface area contributed by atoms with Crippen LogP contribution in [0.5, 0.6) is 5.75 Å². The molecular weight excluding hydrogens is 504 g/mol. The Morgan fingerprint density at radius 1 is 1.15 bits per heavy atom. The van der Waals surface area contributed by atoms with Crippen LogP contribution in [0.3, 0.4) is 0 Å². The molecule has 2 fully saturated rings. The zero-order valence-electron chi connectivity index (χ0n) is 23.1. The van der Waals surface area contributed by atoms with Crippen LogP contribution in [0.2, 0.25) is 0 Å². The van der Waals surface area contributed by atoms with E-state index >= 15 is 0 Å². The molecule has 40 heavy (non-hydrogen) atoms. The van der Waals surface area contributed by atoms with Crippen LogP contribution in [0.25, 0.3) is 11.3 Å². The number of morpholine rings is 1. The molecule has 1 unspecified atom stereocenters. The van der Waals surface area contributed by atoms with E-state index in [0.717, 1.165) is 50.7 Å². The molecule has 4 heterocycles. The zero-order chi connectivity index (χ0) is 27.9. The number of nitrogen functional groups attached to an aromatic ring is 1. The fourth-order valence-electron chi connectivity index (χ4n) is 5.15. The van der Waals surface area contributed by atoms with E-state index in [4.69, 9.17) is 15.5 Å². The first-order valence-electron chi connectivity index (χ1n) is 13.7. The van der Waals surface area contributed by atoms with Crippen LogP contribution in [0, 0.1) is 11.8 Å². The molecule has 0 radical (unpaired) electrons. The quantitative estimate of drug-likeness (QED) is 0.370. The lowest BCUT2D eigenvalue weighted by atomic mass is 10.1. The molecule has 0 aliphatic carbocycles. The first-order chi connectivity index (χ1) is 19.5. The van der Waals surface area contributed by atoms with E-state index in [0.29, 0.717) is 36.1 Å². The number of hydrogen-bond acceptors (Lipinski definition) is 10. The molecule has 0 saturated carbocycles. The lowest BCUT2D eigenvalue weighted by Crippen LogP contribution is -2.44. The second-order valence-corrected chi connectivity index (χ2v) is 10.0. The number of allylic oxidation sites excluding steroid dienone is 1. The summed E-state index contributed by atoms with van der Waals surface area (Å²) in [7, 11) is 0. The van der Waals surface area contributed by atoms with Crippen molar-refractivity contribution in [3.05, 3.63) is 60.6 Å². The first kappa shape index (κ1) is 27.4. The van der Waals surface area contributed by atoms with E-state index in [1.165, 1.54) is 0 Å². The maximum Gasteiger partial charge on any atom is 0.206 e. The minimum Gasteiger partial charge on any atom is -0.507 e. The summed E-state index contributed by atoms with van der Waals surface area (Å²) in [6.07, 6.45) is 6.90. The Morgan fingerprint density at radius 3 is 2.88 bits per heavy atom. The number of phenolic OH excluding ortho intramolecular Hbond substituents is 1. The van der Waals surface area contributed by atoms with Crippen molar-refractivity contribution in [3.8, 4) is 28.8 Å². The van der Waals surface area contributed by atoms with E-state index < -0.39 is 0 Å². The van der Waals surface area contributed by atoms with Crippen molar-refractivity contribution in [2.75, 3.05) is 61.5 Å². The van der Waals surface area contributed by atoms with Crippen LogP contribution >= 0.6 is 0 Å². The van der Waals surface area contributed by atoms with Gasteiger partial charge < -0.3 is 25.4 Å². The highest BCUT2D eigenvalue weighted by Gasteiger charge is 2.25. The van der Waals surface area contributed by atoms with Crippen molar-refractivity contribution in [1.82, 2.24) is 25.1 Å². The molecule has 0 spiro atoms. The van der Waals surface area contributed by atoms with E-state index in [1.807, 2.05) is 31.2 Å². The van der Waals surface area contributed by atoms with Gasteiger partial charge in [-0.15, -0.1) is 10.2 Å². The average Bonchev–Trinajstić information content (AvgIpc) is 3.16. The van der Waals surface area contributed by atoms with Crippen LogP contribution in [0.1, 0.15) is 26.1 Å². The van der Waals surface area contributed by atoms with Gasteiger partial charge in [-0.3, -0.25) is 4.90 Å². The van der Waals surface area contributed by atoms with Gasteiger partial charge >= 0.3 is 0 Å². The van der Waals surface area contributed by atoms with Crippen LogP contribution in [0.4, 0.5) is 17.3 Å². The van der Waals surface area contributed by atoms with Crippen molar-refractivity contribution in [2.24, 2.45) is 0 Å². The van der Waals surface area contributed by atoms with Gasteiger partial charge in [-0.1, -0.05) is 30.2 Å². The summed E-state index contributed by atoms with van der Waals surface area (Å²) in [6, 6.07) is 11.5. The Balaban J connectivity index is 1.29. The number of hydrogen-bond donors (Lipinski definition) is 2. The Kier molecular flexibility index (Phi) is 8.74. The van der Waals surface area contributed by atoms with E-state index in [2.05, 4.69) is 60.8 Å². The van der Waals surface area contributed by atoms with Gasteiger partial charge in [0.05, 0.1) is 37.2 Å². The summed E-state index contributed by atoms with van der Waals surface area (Å²) >= 11 is 0. The van der Waals surface area contributed by atoms with E-state index in [-0.39, 0.29) is 17.8 Å². The summed E-state index contributed by atoms with van der Waals surface area (Å²) < 4.78 is 5.61. The molecular formula is C30H36N8O2. The minimum atomic E-state index is 0.161. The summed E-state index contributed by atoms with van der Waals surface area (Å²) in [5.74, 6) is 8.35. The Morgan fingerprint density at radius 2 is 2.02 bits per heavy atom. The molecule has 0 amide bonds. The number of nitrogens with two attached hydrogens (primary N) is 1. The third kappa shape index (κ3) is 6.33. The number of anilines is 3. The van der Waals surface area contributed by atoms with Gasteiger partial charge in [0.25, 0.3) is 0 Å². The average molecular weight is 541 g/mol. The molecule has 0 bridgehead atoms. The second-order valence-electron chi connectivity index (χ2n) is 10.0. The van der Waals surface area contributed by atoms with Crippen molar-refractivity contribution in [2.45, 2.75) is 32.4 Å². The van der Waals surface area contributed by atoms with Crippen LogP contribution in [-0.2, 0) is 4.74 Å². The SMILES string of the molecule is C/C=C/C1COCCN1CC#Cc1nccc(N2CCN(c3cc(-c4ccccc4O)nnc3N)CC[C@H]2C)n1. The molecule has 5 rings (SSSR count). The standard InChI is InChI=1S/C30H36N8O2/c1-3-7-23-21-40-19-18-36(23)14-6-10-28-32-13-11-29(33-28)38-17-16-37(15-12-22(38)2)26-20-25(34-35-30(26)31)24-8-4-5-9-27(24)39/h3-5,7-9,11,13,20,22-23,39H,12,14-19,21H2,1-2H3,(H2,31,35)/b7-3+/t22-,23?/m1/s1. The molecule has 2 atom stereocenters. The summed E-state index contributed by atoms with van der Waals surface area (Å²) in [4.78, 5) is 16.0. The fraction of sp³-hybridized carbons (Fsp3) is 0.400. The van der Waals surface area contributed by atoms with Gasteiger partial charge in [0.15, 0.2) is 5.82 Å². The maximum atomic E-state index is 10.3. The van der Waals surface area contributed by atoms with Crippen LogP contribution < -0.4 is 15.5 Å². The predicted octanol–water partition coefficient (Wildman–Crippen LogP) is 2.96. The highest BCUT2D eigenvalue weighted by molar-refractivity contribution is 5.74. The molecule has 208 valence electrons. The smallest absolute Gasteiger partial charge is 0.206 e. The normalized spacial score (nSPS) is 20.2. The highest BCUT2D eigenvalue weighted by Crippen LogP contribution is 2.32. The number of ether oxygens (including phenoxy) is 1. The number of rotatable bonds is 5. The van der Waals surface area contributed by atoms with Gasteiger partial charge in [-0.2, -0.15) is 0 Å². The largest absolute Gasteiger partial charge is 0.507 e. The van der Waals surface area contributed by atoms with Crippen LogP contribution in [-0.4, -0.2) is 88.2 Å². The molecule has 2 aliphatic rings. The number of para-hydroxylation sites is 1. The van der Waals surface area contributed by atoms with Gasteiger partial charge in [-0.05, 0) is 50.5 Å². The number of nitrogens with zero attached hydrogens (tertiary/aromatic N) is 7. The zero-order valence-corrected chi connectivity index (χ0v) is 23.1. The van der Waals surface area contributed by atoms with Gasteiger partial charge in [0.1, 0.15) is 11.6 Å². The van der Waals surface area contributed by atoms with Gasteiger partial charge in [0, 0.05) is 44.0 Å². The third-order valence-electron chi connectivity index (χ3n) is 7.39.